The average Bonchev–Trinajstić information content (AvgIpc) is 3.24. The first-order valence-electron chi connectivity index (χ1n) is 10.1. The standard InChI is InChI=1S/C20H30O2/c21-19(9-13-3-1-11-5-7-15(19)17(11)13)20(22)10-14-4-2-12-6-8-16(20)18(12)14/h11-18,21-22H,1-10H2/t11-,12+,13-,14-,15+,16+,17+,18+,19-,20-/m0/s1. The van der Waals surface area contributed by atoms with Gasteiger partial charge in [0.2, 0.25) is 0 Å². The van der Waals surface area contributed by atoms with Crippen LogP contribution in [0.1, 0.15) is 64.2 Å². The van der Waals surface area contributed by atoms with Crippen molar-refractivity contribution >= 4 is 0 Å². The van der Waals surface area contributed by atoms with E-state index in [0.29, 0.717) is 11.8 Å². The summed E-state index contributed by atoms with van der Waals surface area (Å²) in [5.41, 5.74) is -1.47. The third-order valence-corrected chi connectivity index (χ3v) is 9.74. The molecule has 0 aromatic carbocycles. The van der Waals surface area contributed by atoms with E-state index < -0.39 is 11.2 Å². The number of hydrogen-bond donors (Lipinski definition) is 2. The van der Waals surface area contributed by atoms with Gasteiger partial charge in [-0.2, -0.15) is 0 Å². The van der Waals surface area contributed by atoms with E-state index in [1.54, 1.807) is 0 Å². The molecule has 122 valence electrons. The van der Waals surface area contributed by atoms with E-state index in [0.717, 1.165) is 48.3 Å². The van der Waals surface area contributed by atoms with Gasteiger partial charge in [-0.25, -0.2) is 0 Å². The topological polar surface area (TPSA) is 40.5 Å². The van der Waals surface area contributed by atoms with Crippen LogP contribution < -0.4 is 0 Å². The van der Waals surface area contributed by atoms with Crippen molar-refractivity contribution in [2.75, 3.05) is 0 Å². The van der Waals surface area contributed by atoms with Gasteiger partial charge in [0.1, 0.15) is 0 Å². The van der Waals surface area contributed by atoms with Gasteiger partial charge in [-0.15, -0.1) is 0 Å². The molecule has 6 fully saturated rings. The van der Waals surface area contributed by atoms with Gasteiger partial charge in [0, 0.05) is 0 Å². The van der Waals surface area contributed by atoms with Crippen LogP contribution in [0.4, 0.5) is 0 Å². The van der Waals surface area contributed by atoms with Gasteiger partial charge in [-0.05, 0) is 112 Å². The maximum absolute atomic E-state index is 11.9. The van der Waals surface area contributed by atoms with E-state index in [2.05, 4.69) is 0 Å². The molecule has 0 aliphatic heterocycles. The van der Waals surface area contributed by atoms with Gasteiger partial charge >= 0.3 is 0 Å². The first-order chi connectivity index (χ1) is 10.6. The van der Waals surface area contributed by atoms with E-state index in [1.165, 1.54) is 51.4 Å². The molecule has 10 atom stereocenters. The average molecular weight is 302 g/mol. The molecule has 6 saturated carbocycles. The lowest BCUT2D eigenvalue weighted by Crippen LogP contribution is -2.59. The molecule has 2 nitrogen and oxygen atoms in total. The third-order valence-electron chi connectivity index (χ3n) is 9.74. The molecule has 0 bridgehead atoms. The maximum atomic E-state index is 11.9. The molecule has 0 amide bonds. The van der Waals surface area contributed by atoms with Crippen molar-refractivity contribution in [3.8, 4) is 0 Å². The van der Waals surface area contributed by atoms with E-state index in [4.69, 9.17) is 0 Å². The predicted molar refractivity (Wildman–Crippen MR) is 84.0 cm³/mol. The van der Waals surface area contributed by atoms with Gasteiger partial charge in [0.05, 0.1) is 11.2 Å². The van der Waals surface area contributed by atoms with Crippen molar-refractivity contribution in [3.05, 3.63) is 0 Å². The van der Waals surface area contributed by atoms with Crippen molar-refractivity contribution in [2.45, 2.75) is 75.4 Å². The quantitative estimate of drug-likeness (QED) is 0.780. The summed E-state index contributed by atoms with van der Waals surface area (Å²) in [4.78, 5) is 0. The van der Waals surface area contributed by atoms with Crippen molar-refractivity contribution < 1.29 is 10.2 Å². The Balaban J connectivity index is 1.41. The summed E-state index contributed by atoms with van der Waals surface area (Å²) in [6.45, 7) is 0. The fraction of sp³-hybridized carbons (Fsp3) is 1.00. The lowest BCUT2D eigenvalue weighted by atomic mass is 9.67. The molecule has 0 radical (unpaired) electrons. The molecule has 6 rings (SSSR count). The highest BCUT2D eigenvalue weighted by molar-refractivity contribution is 5.23. The lowest BCUT2D eigenvalue weighted by molar-refractivity contribution is -0.194. The number of aliphatic hydroxyl groups is 2. The van der Waals surface area contributed by atoms with Gasteiger partial charge in [-0.3, -0.25) is 0 Å². The monoisotopic (exact) mass is 302 g/mol. The molecule has 2 N–H and O–H groups in total. The Morgan fingerprint density at radius 3 is 1.32 bits per heavy atom. The van der Waals surface area contributed by atoms with Crippen molar-refractivity contribution in [1.29, 1.82) is 0 Å². The maximum Gasteiger partial charge on any atom is 0.0969 e. The Morgan fingerprint density at radius 1 is 0.500 bits per heavy atom. The fourth-order valence-electron chi connectivity index (χ4n) is 9.24. The summed E-state index contributed by atoms with van der Waals surface area (Å²) in [6, 6.07) is 0. The lowest BCUT2D eigenvalue weighted by Gasteiger charge is -2.47. The van der Waals surface area contributed by atoms with E-state index >= 15 is 0 Å². The number of hydrogen-bond acceptors (Lipinski definition) is 2. The van der Waals surface area contributed by atoms with E-state index in [-0.39, 0.29) is 0 Å². The molecular formula is C20H30O2. The smallest absolute Gasteiger partial charge is 0.0969 e. The fourth-order valence-corrected chi connectivity index (χ4v) is 9.24. The molecule has 6 aliphatic carbocycles. The Hall–Kier alpha value is -0.0800. The van der Waals surface area contributed by atoms with Gasteiger partial charge in [0.15, 0.2) is 0 Å². The van der Waals surface area contributed by atoms with Crippen LogP contribution in [0.5, 0.6) is 0 Å². The second kappa shape index (κ2) is 3.94. The molecule has 2 heteroatoms. The Labute approximate surface area is 133 Å². The van der Waals surface area contributed by atoms with Crippen molar-refractivity contribution in [3.63, 3.8) is 0 Å². The van der Waals surface area contributed by atoms with Crippen LogP contribution >= 0.6 is 0 Å². The predicted octanol–water partition coefficient (Wildman–Crippen LogP) is 3.36. The minimum Gasteiger partial charge on any atom is -0.387 e. The molecular weight excluding hydrogens is 272 g/mol. The van der Waals surface area contributed by atoms with E-state index in [1.807, 2.05) is 0 Å². The third kappa shape index (κ3) is 1.27. The second-order valence-electron chi connectivity index (χ2n) is 9.97. The molecule has 0 heterocycles. The van der Waals surface area contributed by atoms with Gasteiger partial charge in [-0.1, -0.05) is 0 Å². The van der Waals surface area contributed by atoms with Crippen LogP contribution in [0.3, 0.4) is 0 Å². The second-order valence-corrected chi connectivity index (χ2v) is 9.97. The minimum absolute atomic E-state index is 0.424. The Morgan fingerprint density at radius 2 is 0.864 bits per heavy atom. The van der Waals surface area contributed by atoms with Crippen LogP contribution in [0, 0.1) is 47.3 Å². The van der Waals surface area contributed by atoms with Gasteiger partial charge in [0.25, 0.3) is 0 Å². The van der Waals surface area contributed by atoms with E-state index in [9.17, 15) is 10.2 Å². The van der Waals surface area contributed by atoms with Crippen LogP contribution in [0.25, 0.3) is 0 Å². The van der Waals surface area contributed by atoms with Crippen molar-refractivity contribution in [2.24, 2.45) is 47.3 Å². The first-order valence-corrected chi connectivity index (χ1v) is 10.1. The summed E-state index contributed by atoms with van der Waals surface area (Å²) in [5.74, 6) is 5.57. The zero-order chi connectivity index (χ0) is 14.7. The molecule has 0 aromatic heterocycles. The van der Waals surface area contributed by atoms with Crippen LogP contribution in [-0.2, 0) is 0 Å². The number of rotatable bonds is 1. The Kier molecular flexibility index (Phi) is 2.37. The van der Waals surface area contributed by atoms with Crippen LogP contribution in [0.15, 0.2) is 0 Å². The summed E-state index contributed by atoms with van der Waals surface area (Å²) in [6.07, 6.45) is 12.3. The Bertz CT molecular complexity index is 472. The summed E-state index contributed by atoms with van der Waals surface area (Å²) >= 11 is 0. The largest absolute Gasteiger partial charge is 0.387 e. The SMILES string of the molecule is O[C@@]1([C@]2(O)C[C@@H]3CC[C@H]4CC[C@@H]2[C@H]43)C[C@@H]2CC[C@@H]3CC[C@@H]1[C@H]32. The zero-order valence-corrected chi connectivity index (χ0v) is 13.6. The first kappa shape index (κ1) is 13.2. The summed E-state index contributed by atoms with van der Waals surface area (Å²) in [5, 5.41) is 23.7. The highest BCUT2D eigenvalue weighted by Gasteiger charge is 2.73. The highest BCUT2D eigenvalue weighted by atomic mass is 16.4. The summed E-state index contributed by atoms with van der Waals surface area (Å²) in [7, 11) is 0. The summed E-state index contributed by atoms with van der Waals surface area (Å²) < 4.78 is 0. The molecule has 0 unspecified atom stereocenters. The van der Waals surface area contributed by atoms with Crippen LogP contribution in [0.2, 0.25) is 0 Å². The van der Waals surface area contributed by atoms with Crippen molar-refractivity contribution in [1.82, 2.24) is 0 Å². The normalized spacial score (nSPS) is 67.9. The van der Waals surface area contributed by atoms with Crippen LogP contribution in [-0.4, -0.2) is 21.4 Å². The van der Waals surface area contributed by atoms with Gasteiger partial charge < -0.3 is 10.2 Å². The molecule has 6 aliphatic rings. The zero-order valence-electron chi connectivity index (χ0n) is 13.6. The molecule has 22 heavy (non-hydrogen) atoms. The highest BCUT2D eigenvalue weighted by Crippen LogP contribution is 2.71. The molecule has 0 saturated heterocycles. The molecule has 0 aromatic rings. The molecule has 0 spiro atoms. The minimum atomic E-state index is -0.735.